The minimum Gasteiger partial charge on any atom is -0.325 e. The first-order valence-corrected chi connectivity index (χ1v) is 4.54. The zero-order chi connectivity index (χ0) is 9.97. The smallest absolute Gasteiger partial charge is 0.0967 e. The average Bonchev–Trinajstić information content (AvgIpc) is 2.66. The average molecular weight is 209 g/mol. The lowest BCUT2D eigenvalue weighted by molar-refractivity contribution is 0.797. The van der Waals surface area contributed by atoms with E-state index in [-0.39, 0.29) is 0 Å². The maximum absolute atomic E-state index is 5.85. The third-order valence-corrected chi connectivity index (χ3v) is 2.06. The molecular weight excluding hydrogens is 200 g/mol. The lowest BCUT2D eigenvalue weighted by atomic mass is 10.3. The number of nitrogens with zero attached hydrogens (tertiary/aromatic N) is 3. The summed E-state index contributed by atoms with van der Waals surface area (Å²) in [5.74, 6) is 0. The second-order valence-corrected chi connectivity index (χ2v) is 3.27. The highest BCUT2D eigenvalue weighted by Gasteiger charge is 2.00. The fourth-order valence-electron chi connectivity index (χ4n) is 1.14. The van der Waals surface area contributed by atoms with E-state index in [4.69, 9.17) is 17.3 Å². The number of aromatic nitrogens is 3. The predicted octanol–water partition coefficient (Wildman–Crippen LogP) is 1.38. The molecule has 14 heavy (non-hydrogen) atoms. The lowest BCUT2D eigenvalue weighted by Gasteiger charge is -1.98. The van der Waals surface area contributed by atoms with Gasteiger partial charge in [-0.1, -0.05) is 22.9 Å². The third kappa shape index (κ3) is 1.76. The molecule has 0 amide bonds. The van der Waals surface area contributed by atoms with Crippen molar-refractivity contribution < 1.29 is 0 Å². The molecule has 0 aliphatic heterocycles. The zero-order valence-corrected chi connectivity index (χ0v) is 8.15. The normalized spacial score (nSPS) is 10.4. The van der Waals surface area contributed by atoms with Crippen molar-refractivity contribution in [3.8, 4) is 5.69 Å². The van der Waals surface area contributed by atoms with Crippen molar-refractivity contribution in [2.24, 2.45) is 5.73 Å². The first-order valence-electron chi connectivity index (χ1n) is 4.17. The summed E-state index contributed by atoms with van der Waals surface area (Å²) in [6.07, 6.45) is 1.78. The Morgan fingerprint density at radius 3 is 2.93 bits per heavy atom. The van der Waals surface area contributed by atoms with Gasteiger partial charge in [-0.15, -0.1) is 5.10 Å². The zero-order valence-electron chi connectivity index (χ0n) is 7.39. The maximum atomic E-state index is 5.85. The molecule has 2 rings (SSSR count). The van der Waals surface area contributed by atoms with Crippen LogP contribution in [0.25, 0.3) is 5.69 Å². The maximum Gasteiger partial charge on any atom is 0.0967 e. The molecule has 2 aromatic rings. The van der Waals surface area contributed by atoms with Crippen molar-refractivity contribution in [1.82, 2.24) is 15.0 Å². The van der Waals surface area contributed by atoms with Gasteiger partial charge in [0.05, 0.1) is 17.6 Å². The third-order valence-electron chi connectivity index (χ3n) is 1.82. The first-order chi connectivity index (χ1) is 6.79. The second-order valence-electron chi connectivity index (χ2n) is 2.84. The van der Waals surface area contributed by atoms with Gasteiger partial charge < -0.3 is 5.73 Å². The molecule has 5 heteroatoms. The molecule has 1 heterocycles. The van der Waals surface area contributed by atoms with Gasteiger partial charge in [-0.2, -0.15) is 0 Å². The van der Waals surface area contributed by atoms with Crippen LogP contribution in [0.15, 0.2) is 30.5 Å². The number of nitrogens with two attached hydrogens (primary N) is 1. The topological polar surface area (TPSA) is 56.7 Å². The summed E-state index contributed by atoms with van der Waals surface area (Å²) in [5.41, 5.74) is 7.06. The van der Waals surface area contributed by atoms with Crippen molar-refractivity contribution in [3.05, 3.63) is 41.2 Å². The van der Waals surface area contributed by atoms with Crippen LogP contribution in [0.5, 0.6) is 0 Å². The van der Waals surface area contributed by atoms with Gasteiger partial charge in [0.1, 0.15) is 0 Å². The van der Waals surface area contributed by atoms with Crippen LogP contribution in [-0.2, 0) is 6.54 Å². The van der Waals surface area contributed by atoms with Crippen LogP contribution in [0.2, 0.25) is 5.02 Å². The van der Waals surface area contributed by atoms with E-state index in [1.165, 1.54) is 0 Å². The van der Waals surface area contributed by atoms with Crippen LogP contribution in [-0.4, -0.2) is 15.0 Å². The molecule has 72 valence electrons. The molecule has 0 spiro atoms. The van der Waals surface area contributed by atoms with Crippen molar-refractivity contribution in [2.45, 2.75) is 6.54 Å². The summed E-state index contributed by atoms with van der Waals surface area (Å²) in [4.78, 5) is 0. The van der Waals surface area contributed by atoms with E-state index in [0.717, 1.165) is 11.4 Å². The highest BCUT2D eigenvalue weighted by atomic mass is 35.5. The predicted molar refractivity (Wildman–Crippen MR) is 54.3 cm³/mol. The van der Waals surface area contributed by atoms with Crippen molar-refractivity contribution in [2.75, 3.05) is 0 Å². The van der Waals surface area contributed by atoms with E-state index in [9.17, 15) is 0 Å². The van der Waals surface area contributed by atoms with Crippen LogP contribution in [0.4, 0.5) is 0 Å². The van der Waals surface area contributed by atoms with Crippen LogP contribution >= 0.6 is 11.6 Å². The second kappa shape index (κ2) is 3.77. The molecule has 0 saturated carbocycles. The highest BCUT2D eigenvalue weighted by molar-refractivity contribution is 6.30. The molecule has 0 radical (unpaired) electrons. The van der Waals surface area contributed by atoms with Crippen molar-refractivity contribution in [3.63, 3.8) is 0 Å². The van der Waals surface area contributed by atoms with Gasteiger partial charge in [-0.05, 0) is 18.2 Å². The summed E-state index contributed by atoms with van der Waals surface area (Å²) in [7, 11) is 0. The van der Waals surface area contributed by atoms with Gasteiger partial charge >= 0.3 is 0 Å². The van der Waals surface area contributed by atoms with Crippen molar-refractivity contribution in [1.29, 1.82) is 0 Å². The molecular formula is C9H9ClN4. The van der Waals surface area contributed by atoms with Crippen molar-refractivity contribution >= 4 is 11.6 Å². The molecule has 2 N–H and O–H groups in total. The number of hydrogen-bond donors (Lipinski definition) is 1. The standard InChI is InChI=1S/C9H9ClN4/c10-7-2-1-3-9(4-7)14-6-8(5-11)12-13-14/h1-4,6H,5,11H2. The SMILES string of the molecule is NCc1cn(-c2cccc(Cl)c2)nn1. The van der Waals surface area contributed by atoms with Crippen LogP contribution in [0.3, 0.4) is 0 Å². The molecule has 0 saturated heterocycles. The van der Waals surface area contributed by atoms with Gasteiger partial charge in [-0.25, -0.2) is 4.68 Å². The Morgan fingerprint density at radius 2 is 2.29 bits per heavy atom. The molecule has 4 nitrogen and oxygen atoms in total. The fraction of sp³-hybridized carbons (Fsp3) is 0.111. The molecule has 0 fully saturated rings. The minimum absolute atomic E-state index is 0.389. The Balaban J connectivity index is 2.39. The van der Waals surface area contributed by atoms with Gasteiger partial charge in [0.15, 0.2) is 0 Å². The number of benzene rings is 1. The largest absolute Gasteiger partial charge is 0.325 e. The molecule has 1 aromatic carbocycles. The summed E-state index contributed by atoms with van der Waals surface area (Å²) >= 11 is 5.85. The Hall–Kier alpha value is -1.39. The molecule has 0 bridgehead atoms. The first kappa shape index (κ1) is 9.18. The molecule has 0 aliphatic rings. The summed E-state index contributed by atoms with van der Waals surface area (Å²) in [6.45, 7) is 0.389. The van der Waals surface area contributed by atoms with E-state index in [0.29, 0.717) is 11.6 Å². The molecule has 1 aromatic heterocycles. The van der Waals surface area contributed by atoms with E-state index in [1.54, 1.807) is 10.9 Å². The monoisotopic (exact) mass is 208 g/mol. The van der Waals surface area contributed by atoms with E-state index < -0.39 is 0 Å². The van der Waals surface area contributed by atoms with Crippen LogP contribution in [0, 0.1) is 0 Å². The van der Waals surface area contributed by atoms with E-state index in [2.05, 4.69) is 10.3 Å². The van der Waals surface area contributed by atoms with Crippen LogP contribution in [0.1, 0.15) is 5.69 Å². The Labute approximate surface area is 86.3 Å². The molecule has 0 unspecified atom stereocenters. The Morgan fingerprint density at radius 1 is 1.43 bits per heavy atom. The van der Waals surface area contributed by atoms with Gasteiger partial charge in [0.25, 0.3) is 0 Å². The van der Waals surface area contributed by atoms with E-state index >= 15 is 0 Å². The quantitative estimate of drug-likeness (QED) is 0.811. The summed E-state index contributed by atoms with van der Waals surface area (Å²) in [5, 5.41) is 8.49. The van der Waals surface area contributed by atoms with Gasteiger partial charge in [-0.3, -0.25) is 0 Å². The number of rotatable bonds is 2. The highest BCUT2D eigenvalue weighted by Crippen LogP contribution is 2.13. The number of hydrogen-bond acceptors (Lipinski definition) is 3. The van der Waals surface area contributed by atoms with Gasteiger partial charge in [0.2, 0.25) is 0 Å². The minimum atomic E-state index is 0.389. The Kier molecular flexibility index (Phi) is 2.47. The van der Waals surface area contributed by atoms with E-state index in [1.807, 2.05) is 24.3 Å². The lowest BCUT2D eigenvalue weighted by Crippen LogP contribution is -1.95. The van der Waals surface area contributed by atoms with Crippen LogP contribution < -0.4 is 5.73 Å². The number of halogens is 1. The fourth-order valence-corrected chi connectivity index (χ4v) is 1.32. The summed E-state index contributed by atoms with van der Waals surface area (Å²) < 4.78 is 1.65. The molecule has 0 atom stereocenters. The summed E-state index contributed by atoms with van der Waals surface area (Å²) in [6, 6.07) is 7.39. The molecule has 0 aliphatic carbocycles. The Bertz CT molecular complexity index is 438. The van der Waals surface area contributed by atoms with Gasteiger partial charge in [0, 0.05) is 11.6 Å².